The number of rotatable bonds is 6. The number of nitrogens with zero attached hydrogens (tertiary/aromatic N) is 2. The molecule has 1 aliphatic rings. The van der Waals surface area contributed by atoms with Gasteiger partial charge in [-0.25, -0.2) is 0 Å². The number of pyridine rings is 1. The highest BCUT2D eigenvalue weighted by molar-refractivity contribution is 14.2. The van der Waals surface area contributed by atoms with E-state index in [4.69, 9.17) is 4.74 Å². The van der Waals surface area contributed by atoms with Gasteiger partial charge in [0.1, 0.15) is 16.8 Å². The number of aromatic hydroxyl groups is 1. The molecule has 1 aliphatic heterocycles. The summed E-state index contributed by atoms with van der Waals surface area (Å²) in [5.74, 6) is -0.275. The molecule has 0 saturated heterocycles. The van der Waals surface area contributed by atoms with Crippen LogP contribution < -0.4 is 4.74 Å². The molecule has 0 atom stereocenters. The number of imide groups is 1. The van der Waals surface area contributed by atoms with Crippen molar-refractivity contribution in [3.05, 3.63) is 65.4 Å². The lowest BCUT2D eigenvalue weighted by atomic mass is 10.0. The first-order valence-corrected chi connectivity index (χ1v) is 13.4. The van der Waals surface area contributed by atoms with E-state index in [0.29, 0.717) is 30.7 Å². The van der Waals surface area contributed by atoms with Crippen LogP contribution in [-0.2, 0) is 6.54 Å². The second-order valence-electron chi connectivity index (χ2n) is 6.17. The van der Waals surface area contributed by atoms with Crippen LogP contribution in [0.2, 0.25) is 0 Å². The van der Waals surface area contributed by atoms with Gasteiger partial charge in [0, 0.05) is 17.3 Å². The minimum absolute atomic E-state index is 0.0377. The van der Waals surface area contributed by atoms with Crippen molar-refractivity contribution in [3.63, 3.8) is 0 Å². The minimum Gasteiger partial charge on any atom is -0.505 e. The number of alkyl halides is 1. The molecule has 0 spiro atoms. The molecule has 2 amide bonds. The van der Waals surface area contributed by atoms with Crippen molar-refractivity contribution in [1.82, 2.24) is 9.88 Å². The van der Waals surface area contributed by atoms with Crippen LogP contribution in [0.3, 0.4) is 0 Å². The van der Waals surface area contributed by atoms with Crippen molar-refractivity contribution in [3.8, 4) is 11.5 Å². The maximum Gasteiger partial charge on any atom is 0.265 e. The molecule has 1 N–H and O–H groups in total. The van der Waals surface area contributed by atoms with Gasteiger partial charge in [0.05, 0.1) is 25.9 Å². The number of aromatic nitrogens is 1. The largest absolute Gasteiger partial charge is 0.505 e. The van der Waals surface area contributed by atoms with Gasteiger partial charge >= 0.3 is 0 Å². The van der Waals surface area contributed by atoms with Crippen LogP contribution in [0.1, 0.15) is 40.1 Å². The van der Waals surface area contributed by atoms with Gasteiger partial charge in [-0.3, -0.25) is 23.9 Å². The Kier molecular flexibility index (Phi) is 10.2. The SMILES string of the molecule is CC.CF.O=C1c2c(c(O)c3ncccc3c2OCCSI)C(=O)N1Cc1ccccc1. The number of hydrogen-bond donors (Lipinski definition) is 1. The highest BCUT2D eigenvalue weighted by Gasteiger charge is 2.42. The molecule has 0 bridgehead atoms. The number of fused-ring (bicyclic) bond motifs is 2. The average molecular weight is 570 g/mol. The number of carbonyl (C=O) groups is 2. The molecule has 170 valence electrons. The van der Waals surface area contributed by atoms with Crippen LogP contribution in [0.4, 0.5) is 4.39 Å². The Balaban J connectivity index is 0.000000860. The third-order valence-corrected chi connectivity index (χ3v) is 6.14. The zero-order valence-corrected chi connectivity index (χ0v) is 20.9. The van der Waals surface area contributed by atoms with Crippen molar-refractivity contribution in [2.75, 3.05) is 19.5 Å². The number of amides is 2. The Bertz CT molecular complexity index is 1080. The number of ether oxygens (including phenoxy) is 1. The van der Waals surface area contributed by atoms with Crippen LogP contribution >= 0.6 is 30.1 Å². The molecule has 0 saturated carbocycles. The first kappa shape index (κ1) is 25.9. The average Bonchev–Trinajstić information content (AvgIpc) is 3.09. The standard InChI is InChI=1S/C20H15IN2O4S.C2H6.CH3F/c21-28-10-9-27-18-13-7-4-8-22-16(13)17(24)14-15(18)20(26)23(19(14)25)11-12-5-2-1-3-6-12;2*1-2/h1-8,24H,9-11H2;1-2H3;1H3. The topological polar surface area (TPSA) is 79.7 Å². The van der Waals surface area contributed by atoms with E-state index in [1.54, 1.807) is 21.1 Å². The molecule has 0 fully saturated rings. The number of phenolic OH excluding ortho intramolecular Hbond substituents is 1. The second-order valence-corrected chi connectivity index (χ2v) is 8.67. The summed E-state index contributed by atoms with van der Waals surface area (Å²) in [4.78, 5) is 31.5. The number of benzene rings is 2. The smallest absolute Gasteiger partial charge is 0.265 e. The lowest BCUT2D eigenvalue weighted by molar-refractivity contribution is 0.0640. The number of halogens is 2. The quantitative estimate of drug-likeness (QED) is 0.229. The summed E-state index contributed by atoms with van der Waals surface area (Å²) in [5.41, 5.74) is 1.14. The van der Waals surface area contributed by atoms with Crippen molar-refractivity contribution >= 4 is 52.9 Å². The molecule has 2 aromatic carbocycles. The van der Waals surface area contributed by atoms with Crippen molar-refractivity contribution in [2.24, 2.45) is 0 Å². The highest BCUT2D eigenvalue weighted by Crippen LogP contribution is 2.44. The van der Waals surface area contributed by atoms with E-state index < -0.39 is 11.8 Å². The lowest BCUT2D eigenvalue weighted by Crippen LogP contribution is -2.29. The molecule has 0 aliphatic carbocycles. The summed E-state index contributed by atoms with van der Waals surface area (Å²) in [6.45, 7) is 4.49. The third-order valence-electron chi connectivity index (χ3n) is 4.50. The Hall–Kier alpha value is -2.40. The van der Waals surface area contributed by atoms with Gasteiger partial charge in [-0.15, -0.1) is 0 Å². The summed E-state index contributed by atoms with van der Waals surface area (Å²) >= 11 is 2.17. The van der Waals surface area contributed by atoms with Crippen LogP contribution in [-0.4, -0.2) is 46.3 Å². The van der Waals surface area contributed by atoms with Crippen LogP contribution in [0.25, 0.3) is 10.9 Å². The zero-order chi connectivity index (χ0) is 23.7. The van der Waals surface area contributed by atoms with E-state index in [0.717, 1.165) is 10.5 Å². The van der Waals surface area contributed by atoms with Gasteiger partial charge in [-0.05, 0) is 38.9 Å². The third kappa shape index (κ3) is 5.15. The molecular weight excluding hydrogens is 546 g/mol. The first-order valence-electron chi connectivity index (χ1n) is 9.91. The second kappa shape index (κ2) is 12.6. The molecule has 0 unspecified atom stereocenters. The maximum absolute atomic E-state index is 13.1. The fourth-order valence-corrected chi connectivity index (χ4v) is 3.96. The minimum atomic E-state index is -0.540. The van der Waals surface area contributed by atoms with Crippen molar-refractivity contribution in [1.29, 1.82) is 0 Å². The fraction of sp³-hybridized carbons (Fsp3) is 0.261. The fourth-order valence-electron chi connectivity index (χ4n) is 3.27. The molecule has 3 aromatic rings. The van der Waals surface area contributed by atoms with E-state index in [1.807, 2.05) is 44.2 Å². The molecule has 32 heavy (non-hydrogen) atoms. The molecule has 1 aromatic heterocycles. The first-order chi connectivity index (χ1) is 15.6. The van der Waals surface area contributed by atoms with Gasteiger partial charge in [0.2, 0.25) is 0 Å². The van der Waals surface area contributed by atoms with Crippen molar-refractivity contribution < 1.29 is 23.8 Å². The molecule has 6 nitrogen and oxygen atoms in total. The van der Waals surface area contributed by atoms with Gasteiger partial charge in [-0.1, -0.05) is 53.1 Å². The summed E-state index contributed by atoms with van der Waals surface area (Å²) in [6, 6.07) is 12.7. The van der Waals surface area contributed by atoms with Gasteiger partial charge in [0.15, 0.2) is 5.75 Å². The maximum atomic E-state index is 13.1. The Morgan fingerprint density at radius 3 is 2.38 bits per heavy atom. The van der Waals surface area contributed by atoms with Crippen LogP contribution in [0.5, 0.6) is 11.5 Å². The van der Waals surface area contributed by atoms with E-state index in [-0.39, 0.29) is 28.9 Å². The lowest BCUT2D eigenvalue weighted by Gasteiger charge is -2.14. The Labute approximate surface area is 202 Å². The Morgan fingerprint density at radius 2 is 1.72 bits per heavy atom. The number of hydrogen-bond acceptors (Lipinski definition) is 6. The van der Waals surface area contributed by atoms with E-state index in [9.17, 15) is 19.1 Å². The summed E-state index contributed by atoms with van der Waals surface area (Å²) in [6.07, 6.45) is 1.53. The number of phenols is 1. The molecule has 0 radical (unpaired) electrons. The summed E-state index contributed by atoms with van der Waals surface area (Å²) in [7, 11) is 2.08. The molecule has 9 heteroatoms. The normalized spacial score (nSPS) is 12.0. The summed E-state index contributed by atoms with van der Waals surface area (Å²) < 4.78 is 15.4. The van der Waals surface area contributed by atoms with E-state index >= 15 is 0 Å². The summed E-state index contributed by atoms with van der Waals surface area (Å²) in [5, 5.41) is 11.2. The van der Waals surface area contributed by atoms with E-state index in [2.05, 4.69) is 26.2 Å². The van der Waals surface area contributed by atoms with Gasteiger partial charge < -0.3 is 9.84 Å². The van der Waals surface area contributed by atoms with Gasteiger partial charge in [0.25, 0.3) is 11.8 Å². The predicted octanol–water partition coefficient (Wildman–Crippen LogP) is 5.81. The number of carbonyl (C=O) groups excluding carboxylic acids is 2. The van der Waals surface area contributed by atoms with Crippen LogP contribution in [0, 0.1) is 0 Å². The van der Waals surface area contributed by atoms with Crippen LogP contribution in [0.15, 0.2) is 48.7 Å². The highest BCUT2D eigenvalue weighted by atomic mass is 127. The predicted molar refractivity (Wildman–Crippen MR) is 134 cm³/mol. The van der Waals surface area contributed by atoms with E-state index in [1.165, 1.54) is 6.20 Å². The zero-order valence-electron chi connectivity index (χ0n) is 18.0. The molecule has 2 heterocycles. The molecular formula is C23H24FIN2O4S. The van der Waals surface area contributed by atoms with Crippen molar-refractivity contribution in [2.45, 2.75) is 20.4 Å². The van der Waals surface area contributed by atoms with Gasteiger partial charge in [-0.2, -0.15) is 0 Å². The monoisotopic (exact) mass is 570 g/mol. The Morgan fingerprint density at radius 1 is 1.06 bits per heavy atom. The molecule has 4 rings (SSSR count).